The van der Waals surface area contributed by atoms with Gasteiger partial charge >= 0.3 is 0 Å². The number of hydrogen-bond acceptors (Lipinski definition) is 4. The lowest BCUT2D eigenvalue weighted by Gasteiger charge is -2.11. The second-order valence-electron chi connectivity index (χ2n) is 6.83. The van der Waals surface area contributed by atoms with Gasteiger partial charge in [0.05, 0.1) is 5.25 Å². The lowest BCUT2D eigenvalue weighted by Crippen LogP contribution is -2.14. The quantitative estimate of drug-likeness (QED) is 0.449. The van der Waals surface area contributed by atoms with Crippen LogP contribution in [0.4, 0.5) is 0 Å². The Kier molecular flexibility index (Phi) is 5.06. The molecule has 1 aliphatic carbocycles. The zero-order valence-electron chi connectivity index (χ0n) is 15.3. The first kappa shape index (κ1) is 18.3. The summed E-state index contributed by atoms with van der Waals surface area (Å²) in [5.41, 5.74) is 4.43. The van der Waals surface area contributed by atoms with Crippen molar-refractivity contribution < 1.29 is 4.79 Å². The molecule has 0 spiro atoms. The monoisotopic (exact) mass is 397 g/mol. The number of fused-ring (bicyclic) bond motifs is 1. The van der Waals surface area contributed by atoms with E-state index in [0.29, 0.717) is 5.02 Å². The number of rotatable bonds is 5. The molecule has 138 valence electrons. The van der Waals surface area contributed by atoms with E-state index < -0.39 is 0 Å². The van der Waals surface area contributed by atoms with Crippen LogP contribution in [0.1, 0.15) is 34.8 Å². The minimum atomic E-state index is -0.231. The average Bonchev–Trinajstić information content (AvgIpc) is 3.28. The van der Waals surface area contributed by atoms with E-state index in [9.17, 15) is 4.79 Å². The molecule has 0 aliphatic heterocycles. The van der Waals surface area contributed by atoms with Crippen molar-refractivity contribution in [2.75, 3.05) is 0 Å². The van der Waals surface area contributed by atoms with Gasteiger partial charge in [0.25, 0.3) is 0 Å². The summed E-state index contributed by atoms with van der Waals surface area (Å²) in [4.78, 5) is 12.9. The molecule has 1 atom stereocenters. The smallest absolute Gasteiger partial charge is 0.191 e. The topological polar surface area (TPSA) is 47.8 Å². The molecule has 4 rings (SSSR count). The lowest BCUT2D eigenvalue weighted by molar-refractivity contribution is 0.0993. The largest absolute Gasteiger partial charge is 0.305 e. The van der Waals surface area contributed by atoms with Crippen LogP contribution in [0.2, 0.25) is 5.02 Å². The van der Waals surface area contributed by atoms with Gasteiger partial charge in [-0.1, -0.05) is 35.5 Å². The van der Waals surface area contributed by atoms with Gasteiger partial charge in [-0.15, -0.1) is 10.2 Å². The second-order valence-corrected chi connectivity index (χ2v) is 8.58. The highest BCUT2D eigenvalue weighted by Gasteiger charge is 2.22. The number of hydrogen-bond donors (Lipinski definition) is 0. The molecule has 0 fully saturated rings. The van der Waals surface area contributed by atoms with Gasteiger partial charge in [-0.2, -0.15) is 0 Å². The first-order valence-electron chi connectivity index (χ1n) is 9.01. The highest BCUT2D eigenvalue weighted by Crippen LogP contribution is 2.29. The zero-order valence-corrected chi connectivity index (χ0v) is 16.8. The van der Waals surface area contributed by atoms with Gasteiger partial charge in [-0.25, -0.2) is 0 Å². The Morgan fingerprint density at radius 3 is 2.63 bits per heavy atom. The fourth-order valence-corrected chi connectivity index (χ4v) is 4.46. The summed E-state index contributed by atoms with van der Waals surface area (Å²) in [6.45, 7) is 1.93. The standard InChI is InChI=1S/C21H20ClN3OS/c1-13(19(26)17-7-6-14-4-3-5-16(14)12-17)27-21-24-23-20(25(21)2)15-8-10-18(22)11-9-15/h6-13H,3-5H2,1-2H3/t13-/m0/s1. The van der Waals surface area contributed by atoms with Crippen molar-refractivity contribution in [3.63, 3.8) is 0 Å². The lowest BCUT2D eigenvalue weighted by atomic mass is 10.0. The molecule has 0 unspecified atom stereocenters. The number of carbonyl (C=O) groups is 1. The minimum Gasteiger partial charge on any atom is -0.305 e. The van der Waals surface area contributed by atoms with Crippen molar-refractivity contribution >= 4 is 29.1 Å². The van der Waals surface area contributed by atoms with E-state index in [1.165, 1.54) is 29.3 Å². The number of halogens is 1. The Labute approximate surface area is 168 Å². The van der Waals surface area contributed by atoms with E-state index in [4.69, 9.17) is 11.6 Å². The predicted molar refractivity (Wildman–Crippen MR) is 110 cm³/mol. The average molecular weight is 398 g/mol. The number of benzene rings is 2. The van der Waals surface area contributed by atoms with Gasteiger partial charge in [0, 0.05) is 23.2 Å². The molecule has 1 aliphatic rings. The molecular weight excluding hydrogens is 378 g/mol. The van der Waals surface area contributed by atoms with Gasteiger partial charge in [0.2, 0.25) is 0 Å². The van der Waals surface area contributed by atoms with Crippen molar-refractivity contribution in [1.82, 2.24) is 14.8 Å². The molecule has 0 N–H and O–H groups in total. The molecule has 1 aromatic heterocycles. The van der Waals surface area contributed by atoms with Crippen LogP contribution in [-0.2, 0) is 19.9 Å². The summed E-state index contributed by atoms with van der Waals surface area (Å²) < 4.78 is 1.92. The Bertz CT molecular complexity index is 997. The van der Waals surface area contributed by atoms with Crippen LogP contribution in [0.15, 0.2) is 47.6 Å². The highest BCUT2D eigenvalue weighted by molar-refractivity contribution is 8.00. The van der Waals surface area contributed by atoms with Crippen molar-refractivity contribution in [3.05, 3.63) is 64.2 Å². The number of carbonyl (C=O) groups excluding carboxylic acids is 1. The number of nitrogens with zero attached hydrogens (tertiary/aromatic N) is 3. The first-order chi connectivity index (χ1) is 13.0. The van der Waals surface area contributed by atoms with Crippen molar-refractivity contribution in [2.24, 2.45) is 7.05 Å². The van der Waals surface area contributed by atoms with E-state index in [2.05, 4.69) is 22.3 Å². The summed E-state index contributed by atoms with van der Waals surface area (Å²) in [6.07, 6.45) is 3.38. The molecule has 4 nitrogen and oxygen atoms in total. The molecule has 2 aromatic carbocycles. The highest BCUT2D eigenvalue weighted by atomic mass is 35.5. The van der Waals surface area contributed by atoms with Crippen LogP contribution in [0.5, 0.6) is 0 Å². The van der Waals surface area contributed by atoms with Crippen LogP contribution in [-0.4, -0.2) is 25.8 Å². The van der Waals surface area contributed by atoms with Gasteiger partial charge < -0.3 is 4.57 Å². The molecule has 0 saturated carbocycles. The van der Waals surface area contributed by atoms with Gasteiger partial charge in [0.1, 0.15) is 0 Å². The predicted octanol–water partition coefficient (Wildman–Crippen LogP) is 4.99. The normalized spacial score (nSPS) is 14.2. The maximum atomic E-state index is 12.9. The fraction of sp³-hybridized carbons (Fsp3) is 0.286. The SMILES string of the molecule is C[C@H](Sc1nnc(-c2ccc(Cl)cc2)n1C)C(=O)c1ccc2c(c1)CCC2. The Balaban J connectivity index is 1.52. The molecular formula is C21H20ClN3OS. The number of aromatic nitrogens is 3. The number of Topliss-reactive ketones (excluding diaryl/α,β-unsaturated/α-hetero) is 1. The van der Waals surface area contributed by atoms with E-state index in [0.717, 1.165) is 34.9 Å². The Morgan fingerprint density at radius 1 is 1.11 bits per heavy atom. The first-order valence-corrected chi connectivity index (χ1v) is 10.3. The maximum Gasteiger partial charge on any atom is 0.191 e. The molecule has 6 heteroatoms. The molecule has 3 aromatic rings. The molecule has 0 amide bonds. The molecule has 0 saturated heterocycles. The van der Waals surface area contributed by atoms with E-state index >= 15 is 0 Å². The minimum absolute atomic E-state index is 0.130. The van der Waals surface area contributed by atoms with Crippen LogP contribution in [0.3, 0.4) is 0 Å². The molecule has 0 radical (unpaired) electrons. The van der Waals surface area contributed by atoms with Crippen LogP contribution in [0, 0.1) is 0 Å². The van der Waals surface area contributed by atoms with Crippen molar-refractivity contribution in [3.8, 4) is 11.4 Å². The van der Waals surface area contributed by atoms with E-state index in [-0.39, 0.29) is 11.0 Å². The number of thioether (sulfide) groups is 1. The van der Waals surface area contributed by atoms with Gasteiger partial charge in [-0.3, -0.25) is 4.79 Å². The summed E-state index contributed by atoms with van der Waals surface area (Å²) in [5.74, 6) is 0.886. The fourth-order valence-electron chi connectivity index (χ4n) is 3.44. The van der Waals surface area contributed by atoms with Gasteiger partial charge in [0.15, 0.2) is 16.8 Å². The zero-order chi connectivity index (χ0) is 19.0. The summed E-state index contributed by atoms with van der Waals surface area (Å²) in [5, 5.41) is 9.74. The molecule has 1 heterocycles. The molecule has 0 bridgehead atoms. The maximum absolute atomic E-state index is 12.9. The van der Waals surface area contributed by atoms with Crippen LogP contribution in [0.25, 0.3) is 11.4 Å². The van der Waals surface area contributed by atoms with E-state index in [1.807, 2.05) is 48.9 Å². The van der Waals surface area contributed by atoms with Crippen molar-refractivity contribution in [1.29, 1.82) is 0 Å². The van der Waals surface area contributed by atoms with Crippen LogP contribution >= 0.6 is 23.4 Å². The number of ketones is 1. The second kappa shape index (κ2) is 7.49. The Morgan fingerprint density at radius 2 is 1.85 bits per heavy atom. The van der Waals surface area contributed by atoms with Crippen molar-refractivity contribution in [2.45, 2.75) is 36.6 Å². The van der Waals surface area contributed by atoms with Gasteiger partial charge in [-0.05, 0) is 67.6 Å². The third kappa shape index (κ3) is 3.66. The molecule has 27 heavy (non-hydrogen) atoms. The summed E-state index contributed by atoms with van der Waals surface area (Å²) in [6, 6.07) is 13.6. The van der Waals surface area contributed by atoms with Crippen LogP contribution < -0.4 is 0 Å². The third-order valence-corrected chi connectivity index (χ3v) is 6.36. The summed E-state index contributed by atoms with van der Waals surface area (Å²) in [7, 11) is 1.92. The summed E-state index contributed by atoms with van der Waals surface area (Å²) >= 11 is 7.40. The van der Waals surface area contributed by atoms with E-state index in [1.54, 1.807) is 0 Å². The third-order valence-electron chi connectivity index (χ3n) is 4.97. The Hall–Kier alpha value is -2.11. The number of aryl methyl sites for hydroxylation is 2.